The summed E-state index contributed by atoms with van der Waals surface area (Å²) < 4.78 is 1.69. The Bertz CT molecular complexity index is 675. The zero-order chi connectivity index (χ0) is 14.7. The van der Waals surface area contributed by atoms with Gasteiger partial charge in [-0.05, 0) is 18.6 Å². The van der Waals surface area contributed by atoms with E-state index in [0.717, 1.165) is 5.56 Å². The summed E-state index contributed by atoms with van der Waals surface area (Å²) >= 11 is 0. The van der Waals surface area contributed by atoms with Crippen LogP contribution >= 0.6 is 0 Å². The normalized spacial score (nSPS) is 11.4. The third-order valence-electron chi connectivity index (χ3n) is 2.83. The number of carbonyl (C=O) groups excluding carboxylic acids is 1. The molecular weight excluding hydrogens is 258 g/mol. The maximum atomic E-state index is 12.0. The Morgan fingerprint density at radius 2 is 2.25 bits per heavy atom. The number of carbonyl (C=O) groups is 1. The quantitative estimate of drug-likeness (QED) is 0.336. The zero-order valence-electron chi connectivity index (χ0n) is 11.2. The third-order valence-corrected chi connectivity index (χ3v) is 2.83. The van der Waals surface area contributed by atoms with Crippen LogP contribution < -0.4 is 11.1 Å². The summed E-state index contributed by atoms with van der Waals surface area (Å²) in [6, 6.07) is 5.13. The lowest BCUT2D eigenvalue weighted by atomic mass is 10.1. The van der Waals surface area contributed by atoms with E-state index in [2.05, 4.69) is 15.5 Å². The van der Waals surface area contributed by atoms with Crippen LogP contribution in [0.3, 0.4) is 0 Å². The minimum absolute atomic E-state index is 0.0154. The standard InChI is InChI=1S/C13H15N5O2/c1-8-3-4-9(12(14)17-20)5-10(8)16-13(19)11-6-18(2)7-15-11/h3-7,20H,1-2H3,(H2,14,17)(H,16,19). The smallest absolute Gasteiger partial charge is 0.275 e. The van der Waals surface area contributed by atoms with Crippen LogP contribution in [0.15, 0.2) is 35.9 Å². The number of nitrogens with zero attached hydrogens (tertiary/aromatic N) is 3. The number of nitrogens with one attached hydrogen (secondary N) is 1. The molecule has 0 bridgehead atoms. The lowest BCUT2D eigenvalue weighted by Gasteiger charge is -2.09. The van der Waals surface area contributed by atoms with Crippen molar-refractivity contribution in [3.8, 4) is 0 Å². The first-order chi connectivity index (χ1) is 9.51. The van der Waals surface area contributed by atoms with E-state index in [-0.39, 0.29) is 11.7 Å². The summed E-state index contributed by atoms with van der Waals surface area (Å²) in [5.74, 6) is -0.330. The molecular formula is C13H15N5O2. The number of nitrogens with two attached hydrogens (primary N) is 1. The van der Waals surface area contributed by atoms with Gasteiger partial charge in [0.05, 0.1) is 6.33 Å². The van der Waals surface area contributed by atoms with Crippen LogP contribution in [0.2, 0.25) is 0 Å². The molecule has 104 valence electrons. The Hall–Kier alpha value is -2.83. The molecule has 2 rings (SSSR count). The second kappa shape index (κ2) is 5.43. The van der Waals surface area contributed by atoms with Crippen molar-refractivity contribution >= 4 is 17.4 Å². The van der Waals surface area contributed by atoms with Crippen molar-refractivity contribution in [1.82, 2.24) is 9.55 Å². The summed E-state index contributed by atoms with van der Waals surface area (Å²) in [6.45, 7) is 1.85. The highest BCUT2D eigenvalue weighted by molar-refractivity contribution is 6.04. The van der Waals surface area contributed by atoms with Crippen LogP contribution in [0.1, 0.15) is 21.6 Å². The number of aromatic nitrogens is 2. The molecule has 1 heterocycles. The van der Waals surface area contributed by atoms with Gasteiger partial charge in [-0.25, -0.2) is 4.98 Å². The van der Waals surface area contributed by atoms with E-state index in [4.69, 9.17) is 10.9 Å². The molecule has 0 fully saturated rings. The molecule has 4 N–H and O–H groups in total. The Morgan fingerprint density at radius 1 is 1.50 bits per heavy atom. The highest BCUT2D eigenvalue weighted by Crippen LogP contribution is 2.17. The molecule has 0 saturated heterocycles. The summed E-state index contributed by atoms with van der Waals surface area (Å²) in [7, 11) is 1.79. The van der Waals surface area contributed by atoms with Gasteiger partial charge in [-0.15, -0.1) is 0 Å². The number of amidine groups is 1. The molecule has 7 heteroatoms. The van der Waals surface area contributed by atoms with E-state index in [0.29, 0.717) is 16.9 Å². The van der Waals surface area contributed by atoms with Crippen LogP contribution in [-0.4, -0.2) is 26.5 Å². The van der Waals surface area contributed by atoms with E-state index in [1.807, 2.05) is 6.92 Å². The largest absolute Gasteiger partial charge is 0.409 e. The van der Waals surface area contributed by atoms with E-state index in [1.165, 1.54) is 0 Å². The van der Waals surface area contributed by atoms with Crippen LogP contribution in [0, 0.1) is 6.92 Å². The highest BCUT2D eigenvalue weighted by atomic mass is 16.4. The van der Waals surface area contributed by atoms with Gasteiger partial charge in [-0.3, -0.25) is 4.79 Å². The molecule has 1 aromatic heterocycles. The van der Waals surface area contributed by atoms with E-state index >= 15 is 0 Å². The first-order valence-corrected chi connectivity index (χ1v) is 5.89. The van der Waals surface area contributed by atoms with Crippen LogP contribution in [-0.2, 0) is 7.05 Å². The van der Waals surface area contributed by atoms with Crippen LogP contribution in [0.5, 0.6) is 0 Å². The Balaban J connectivity index is 2.26. The fourth-order valence-electron chi connectivity index (χ4n) is 1.69. The van der Waals surface area contributed by atoms with Crippen molar-refractivity contribution in [3.05, 3.63) is 47.5 Å². The molecule has 1 aromatic carbocycles. The Labute approximate surface area is 115 Å². The van der Waals surface area contributed by atoms with Gasteiger partial charge in [-0.1, -0.05) is 17.3 Å². The van der Waals surface area contributed by atoms with Crippen molar-refractivity contribution in [1.29, 1.82) is 0 Å². The minimum atomic E-state index is -0.314. The molecule has 0 aliphatic heterocycles. The van der Waals surface area contributed by atoms with Gasteiger partial charge in [0, 0.05) is 24.5 Å². The second-order valence-electron chi connectivity index (χ2n) is 4.39. The number of aryl methyl sites for hydroxylation is 2. The maximum absolute atomic E-state index is 12.0. The van der Waals surface area contributed by atoms with Crippen molar-refractivity contribution in [2.45, 2.75) is 6.92 Å². The molecule has 7 nitrogen and oxygen atoms in total. The lowest BCUT2D eigenvalue weighted by Crippen LogP contribution is -2.16. The SMILES string of the molecule is Cc1ccc(/C(N)=N/O)cc1NC(=O)c1cn(C)cn1. The third kappa shape index (κ3) is 2.77. The van der Waals surface area contributed by atoms with Gasteiger partial charge >= 0.3 is 0 Å². The number of rotatable bonds is 3. The number of hydrogen-bond donors (Lipinski definition) is 3. The van der Waals surface area contributed by atoms with Crippen LogP contribution in [0.25, 0.3) is 0 Å². The van der Waals surface area contributed by atoms with Gasteiger partial charge in [0.15, 0.2) is 5.84 Å². The zero-order valence-corrected chi connectivity index (χ0v) is 11.2. The Kier molecular flexibility index (Phi) is 3.69. The number of amides is 1. The average molecular weight is 273 g/mol. The number of oxime groups is 1. The molecule has 0 unspecified atom stereocenters. The molecule has 0 aliphatic carbocycles. The van der Waals surface area contributed by atoms with E-state index in [9.17, 15) is 4.79 Å². The molecule has 20 heavy (non-hydrogen) atoms. The second-order valence-corrected chi connectivity index (χ2v) is 4.39. The van der Waals surface area contributed by atoms with Gasteiger partial charge in [0.25, 0.3) is 5.91 Å². The summed E-state index contributed by atoms with van der Waals surface area (Å²) in [5.41, 5.74) is 7.83. The predicted octanol–water partition coefficient (Wildman–Crippen LogP) is 1.08. The lowest BCUT2D eigenvalue weighted by molar-refractivity contribution is 0.102. The summed E-state index contributed by atoms with van der Waals surface area (Å²) in [6.07, 6.45) is 3.17. The van der Waals surface area contributed by atoms with Crippen molar-refractivity contribution < 1.29 is 10.0 Å². The number of hydrogen-bond acceptors (Lipinski definition) is 4. The van der Waals surface area contributed by atoms with Crippen molar-refractivity contribution in [2.24, 2.45) is 17.9 Å². The number of imidazole rings is 1. The van der Waals surface area contributed by atoms with Crippen molar-refractivity contribution in [3.63, 3.8) is 0 Å². The minimum Gasteiger partial charge on any atom is -0.409 e. The van der Waals surface area contributed by atoms with Gasteiger partial charge in [-0.2, -0.15) is 0 Å². The topological polar surface area (TPSA) is 106 Å². The number of benzene rings is 1. The maximum Gasteiger partial charge on any atom is 0.275 e. The molecule has 0 radical (unpaired) electrons. The summed E-state index contributed by atoms with van der Waals surface area (Å²) in [4.78, 5) is 16.0. The fraction of sp³-hybridized carbons (Fsp3) is 0.154. The fourth-order valence-corrected chi connectivity index (χ4v) is 1.69. The molecule has 2 aromatic rings. The monoisotopic (exact) mass is 273 g/mol. The molecule has 0 aliphatic rings. The van der Waals surface area contributed by atoms with Crippen molar-refractivity contribution in [2.75, 3.05) is 5.32 Å². The first-order valence-electron chi connectivity index (χ1n) is 5.89. The Morgan fingerprint density at radius 3 is 2.85 bits per heavy atom. The molecule has 0 spiro atoms. The molecule has 1 amide bonds. The van der Waals surface area contributed by atoms with Crippen LogP contribution in [0.4, 0.5) is 5.69 Å². The highest BCUT2D eigenvalue weighted by Gasteiger charge is 2.11. The van der Waals surface area contributed by atoms with Gasteiger partial charge in [0.1, 0.15) is 5.69 Å². The first kappa shape index (κ1) is 13.6. The van der Waals surface area contributed by atoms with Gasteiger partial charge in [0.2, 0.25) is 0 Å². The number of anilines is 1. The molecule has 0 atom stereocenters. The van der Waals surface area contributed by atoms with Gasteiger partial charge < -0.3 is 20.8 Å². The van der Waals surface area contributed by atoms with E-state index < -0.39 is 0 Å². The van der Waals surface area contributed by atoms with E-state index in [1.54, 1.807) is 42.3 Å². The average Bonchev–Trinajstić information content (AvgIpc) is 2.87. The predicted molar refractivity (Wildman–Crippen MR) is 74.9 cm³/mol. The summed E-state index contributed by atoms with van der Waals surface area (Å²) in [5, 5.41) is 14.4. The molecule has 0 saturated carbocycles.